The van der Waals surface area contributed by atoms with E-state index in [-0.39, 0.29) is 12.3 Å². The summed E-state index contributed by atoms with van der Waals surface area (Å²) in [6.07, 6.45) is -0.754. The molecule has 0 fully saturated rings. The fourth-order valence-corrected chi connectivity index (χ4v) is 2.09. The number of benzene rings is 2. The summed E-state index contributed by atoms with van der Waals surface area (Å²) in [6, 6.07) is 16.3. The molecule has 1 N–H and O–H groups in total. The minimum absolute atomic E-state index is 0.107. The third-order valence-electron chi connectivity index (χ3n) is 3.30. The Bertz CT molecular complexity index is 668. The van der Waals surface area contributed by atoms with Crippen LogP contribution >= 0.6 is 0 Å². The highest BCUT2D eigenvalue weighted by atomic mass is 16.5. The molecule has 0 spiro atoms. The van der Waals surface area contributed by atoms with Crippen molar-refractivity contribution in [3.05, 3.63) is 60.2 Å². The molecule has 5 heteroatoms. The summed E-state index contributed by atoms with van der Waals surface area (Å²) in [6.45, 7) is 4.05. The lowest BCUT2D eigenvalue weighted by Gasteiger charge is -2.13. The molecule has 2 rings (SSSR count). The first kappa shape index (κ1) is 17.5. The molecule has 126 valence electrons. The number of carbonyl (C=O) groups excluding carboxylic acids is 2. The summed E-state index contributed by atoms with van der Waals surface area (Å²) in [5.41, 5.74) is 1.47. The van der Waals surface area contributed by atoms with Crippen molar-refractivity contribution in [2.45, 2.75) is 26.4 Å². The fourth-order valence-electron chi connectivity index (χ4n) is 2.09. The molecule has 0 aliphatic heterocycles. The normalized spacial score (nSPS) is 11.4. The molecular weight excluding hydrogens is 306 g/mol. The van der Waals surface area contributed by atoms with Crippen LogP contribution in [0.3, 0.4) is 0 Å². The average molecular weight is 327 g/mol. The van der Waals surface area contributed by atoms with E-state index >= 15 is 0 Å². The zero-order valence-electron chi connectivity index (χ0n) is 13.8. The van der Waals surface area contributed by atoms with Crippen molar-refractivity contribution in [3.63, 3.8) is 0 Å². The molecule has 2 aromatic carbocycles. The van der Waals surface area contributed by atoms with Crippen molar-refractivity contribution in [2.75, 3.05) is 11.9 Å². The lowest BCUT2D eigenvalue weighted by Crippen LogP contribution is -2.30. The summed E-state index contributed by atoms with van der Waals surface area (Å²) < 4.78 is 10.5. The molecule has 1 atom stereocenters. The van der Waals surface area contributed by atoms with Gasteiger partial charge in [0.2, 0.25) is 0 Å². The Hall–Kier alpha value is -2.82. The van der Waals surface area contributed by atoms with Gasteiger partial charge in [0.1, 0.15) is 5.75 Å². The lowest BCUT2D eigenvalue weighted by atomic mass is 10.1. The highest BCUT2D eigenvalue weighted by Gasteiger charge is 2.18. The summed E-state index contributed by atoms with van der Waals surface area (Å²) in [5, 5.41) is 2.70. The predicted octanol–water partition coefficient (Wildman–Crippen LogP) is 3.20. The van der Waals surface area contributed by atoms with Crippen LogP contribution < -0.4 is 10.1 Å². The second-order valence-electron chi connectivity index (χ2n) is 5.24. The standard InChI is InChI=1S/C19H21NO4/c1-3-23-17-11-9-15(10-12-17)13-18(21)24-14(2)19(22)20-16-7-5-4-6-8-16/h4-12,14H,3,13H2,1-2H3,(H,20,22). The molecule has 0 aliphatic rings. The van der Waals surface area contributed by atoms with Crippen molar-refractivity contribution >= 4 is 17.6 Å². The predicted molar refractivity (Wildman–Crippen MR) is 91.9 cm³/mol. The molecule has 2 aromatic rings. The number of para-hydroxylation sites is 1. The number of hydrogen-bond acceptors (Lipinski definition) is 4. The molecule has 24 heavy (non-hydrogen) atoms. The molecule has 0 saturated carbocycles. The summed E-state index contributed by atoms with van der Waals surface area (Å²) >= 11 is 0. The molecule has 0 aliphatic carbocycles. The van der Waals surface area contributed by atoms with Gasteiger partial charge in [0, 0.05) is 5.69 Å². The van der Waals surface area contributed by atoms with E-state index < -0.39 is 12.1 Å². The van der Waals surface area contributed by atoms with E-state index in [0.717, 1.165) is 11.3 Å². The van der Waals surface area contributed by atoms with Crippen LogP contribution in [0.2, 0.25) is 0 Å². The first-order chi connectivity index (χ1) is 11.6. The Balaban J connectivity index is 1.83. The van der Waals surface area contributed by atoms with Gasteiger partial charge >= 0.3 is 5.97 Å². The number of ether oxygens (including phenoxy) is 2. The zero-order chi connectivity index (χ0) is 17.4. The van der Waals surface area contributed by atoms with Crippen molar-refractivity contribution in [1.29, 1.82) is 0 Å². The van der Waals surface area contributed by atoms with Gasteiger partial charge in [-0.3, -0.25) is 9.59 Å². The van der Waals surface area contributed by atoms with Crippen molar-refractivity contribution < 1.29 is 19.1 Å². The number of amides is 1. The lowest BCUT2D eigenvalue weighted by molar-refractivity contribution is -0.152. The van der Waals surface area contributed by atoms with Gasteiger partial charge in [-0.05, 0) is 43.7 Å². The van der Waals surface area contributed by atoms with Gasteiger partial charge in [0.25, 0.3) is 5.91 Å². The van der Waals surface area contributed by atoms with E-state index in [1.54, 1.807) is 43.3 Å². The minimum Gasteiger partial charge on any atom is -0.494 e. The van der Waals surface area contributed by atoms with Crippen molar-refractivity contribution in [2.24, 2.45) is 0 Å². The molecule has 0 saturated heterocycles. The topological polar surface area (TPSA) is 64.6 Å². The second kappa shape index (κ2) is 8.72. The maximum Gasteiger partial charge on any atom is 0.311 e. The SMILES string of the molecule is CCOc1ccc(CC(=O)OC(C)C(=O)Nc2ccccc2)cc1. The maximum absolute atomic E-state index is 12.0. The Morgan fingerprint density at radius 2 is 1.71 bits per heavy atom. The highest BCUT2D eigenvalue weighted by molar-refractivity contribution is 5.95. The van der Waals surface area contributed by atoms with Gasteiger partial charge in [-0.1, -0.05) is 30.3 Å². The fraction of sp³-hybridized carbons (Fsp3) is 0.263. The largest absolute Gasteiger partial charge is 0.494 e. The maximum atomic E-state index is 12.0. The summed E-state index contributed by atoms with van der Waals surface area (Å²) in [4.78, 5) is 24.0. The van der Waals surface area contributed by atoms with E-state index in [1.807, 2.05) is 25.1 Å². The van der Waals surface area contributed by atoms with E-state index in [0.29, 0.717) is 12.3 Å². The smallest absolute Gasteiger partial charge is 0.311 e. The van der Waals surface area contributed by atoms with Gasteiger partial charge in [0.05, 0.1) is 13.0 Å². The molecular formula is C19H21NO4. The molecule has 0 aromatic heterocycles. The molecule has 0 heterocycles. The third-order valence-corrected chi connectivity index (χ3v) is 3.30. The van der Waals surface area contributed by atoms with Gasteiger partial charge in [-0.2, -0.15) is 0 Å². The van der Waals surface area contributed by atoms with Crippen LogP contribution in [0, 0.1) is 0 Å². The zero-order valence-corrected chi connectivity index (χ0v) is 13.8. The van der Waals surface area contributed by atoms with Crippen LogP contribution in [-0.4, -0.2) is 24.6 Å². The first-order valence-corrected chi connectivity index (χ1v) is 7.85. The van der Waals surface area contributed by atoms with Crippen LogP contribution in [0.25, 0.3) is 0 Å². The minimum atomic E-state index is -0.861. The molecule has 1 unspecified atom stereocenters. The number of esters is 1. The average Bonchev–Trinajstić information content (AvgIpc) is 2.57. The van der Waals surface area contributed by atoms with E-state index in [1.165, 1.54) is 0 Å². The number of rotatable bonds is 7. The number of anilines is 1. The number of carbonyl (C=O) groups is 2. The van der Waals surface area contributed by atoms with Gasteiger partial charge in [-0.25, -0.2) is 0 Å². The Kier molecular flexibility index (Phi) is 6.37. The van der Waals surface area contributed by atoms with Gasteiger partial charge < -0.3 is 14.8 Å². The monoisotopic (exact) mass is 327 g/mol. The quantitative estimate of drug-likeness (QED) is 0.793. The number of hydrogen-bond donors (Lipinski definition) is 1. The van der Waals surface area contributed by atoms with Gasteiger partial charge in [0.15, 0.2) is 6.10 Å². The highest BCUT2D eigenvalue weighted by Crippen LogP contribution is 2.13. The number of nitrogens with one attached hydrogen (secondary N) is 1. The van der Waals surface area contributed by atoms with Crippen molar-refractivity contribution in [1.82, 2.24) is 0 Å². The Labute approximate surface area is 141 Å². The van der Waals surface area contributed by atoms with Crippen LogP contribution in [-0.2, 0) is 20.7 Å². The molecule has 0 radical (unpaired) electrons. The molecule has 5 nitrogen and oxygen atoms in total. The molecule has 0 bridgehead atoms. The van der Waals surface area contributed by atoms with Crippen LogP contribution in [0.4, 0.5) is 5.69 Å². The van der Waals surface area contributed by atoms with E-state index in [4.69, 9.17) is 9.47 Å². The van der Waals surface area contributed by atoms with Crippen LogP contribution in [0.15, 0.2) is 54.6 Å². The van der Waals surface area contributed by atoms with Crippen LogP contribution in [0.5, 0.6) is 5.75 Å². The summed E-state index contributed by atoms with van der Waals surface area (Å²) in [7, 11) is 0. The van der Waals surface area contributed by atoms with Gasteiger partial charge in [-0.15, -0.1) is 0 Å². The first-order valence-electron chi connectivity index (χ1n) is 7.85. The van der Waals surface area contributed by atoms with Crippen molar-refractivity contribution in [3.8, 4) is 5.75 Å². The van der Waals surface area contributed by atoms with E-state index in [2.05, 4.69) is 5.32 Å². The third kappa shape index (κ3) is 5.43. The second-order valence-corrected chi connectivity index (χ2v) is 5.24. The Morgan fingerprint density at radius 1 is 1.04 bits per heavy atom. The Morgan fingerprint density at radius 3 is 2.33 bits per heavy atom. The van der Waals surface area contributed by atoms with E-state index in [9.17, 15) is 9.59 Å². The van der Waals surface area contributed by atoms with Crippen LogP contribution in [0.1, 0.15) is 19.4 Å². The summed E-state index contributed by atoms with van der Waals surface area (Å²) in [5.74, 6) is -0.0543. The molecule has 1 amide bonds.